The summed E-state index contributed by atoms with van der Waals surface area (Å²) in [4.78, 5) is 14.9. The summed E-state index contributed by atoms with van der Waals surface area (Å²) in [5.74, 6) is 0. The predicted molar refractivity (Wildman–Crippen MR) is 48.0 cm³/mol. The van der Waals surface area contributed by atoms with Gasteiger partial charge < -0.3 is 5.32 Å². The molecular formula is C8H14N2O2. The first kappa shape index (κ1) is 10.7. The molecule has 68 valence electrons. The largest absolute Gasteiger partial charge is 0.433 e. The van der Waals surface area contributed by atoms with Crippen LogP contribution < -0.4 is 5.32 Å². The number of nitrogens with one attached hydrogen (secondary N) is 1. The van der Waals surface area contributed by atoms with E-state index in [-0.39, 0.29) is 5.41 Å². The number of hydrogen-bond donors (Lipinski definition) is 1. The Balaban J connectivity index is 3.91. The van der Waals surface area contributed by atoms with Crippen molar-refractivity contribution in [3.8, 4) is 0 Å². The van der Waals surface area contributed by atoms with Crippen molar-refractivity contribution in [3.05, 3.63) is 12.7 Å². The van der Waals surface area contributed by atoms with E-state index in [1.165, 1.54) is 13.3 Å². The second kappa shape index (κ2) is 4.54. The predicted octanol–water partition coefficient (Wildman–Crippen LogP) is 1.54. The van der Waals surface area contributed by atoms with E-state index >= 15 is 0 Å². The SMILES string of the molecule is C=CC(C)(C)/C=N/OC(=O)NC. The molecule has 0 radical (unpaired) electrons. The molecule has 0 rings (SSSR count). The van der Waals surface area contributed by atoms with E-state index in [0.717, 1.165) is 0 Å². The Morgan fingerprint density at radius 2 is 2.25 bits per heavy atom. The second-order valence-corrected chi connectivity index (χ2v) is 2.89. The molecule has 0 spiro atoms. The fourth-order valence-electron chi connectivity index (χ4n) is 0.308. The lowest BCUT2D eigenvalue weighted by atomic mass is 9.96. The minimum atomic E-state index is -0.578. The molecule has 0 aromatic carbocycles. The normalized spacial score (nSPS) is 11.2. The van der Waals surface area contributed by atoms with Crippen LogP contribution in [0.15, 0.2) is 17.8 Å². The highest BCUT2D eigenvalue weighted by molar-refractivity contribution is 5.70. The molecule has 4 heteroatoms. The lowest BCUT2D eigenvalue weighted by molar-refractivity contribution is 0.153. The minimum absolute atomic E-state index is 0.256. The van der Waals surface area contributed by atoms with Crippen LogP contribution in [0, 0.1) is 5.41 Å². The lowest BCUT2D eigenvalue weighted by Gasteiger charge is -2.10. The van der Waals surface area contributed by atoms with Crippen LogP contribution in [-0.2, 0) is 4.84 Å². The van der Waals surface area contributed by atoms with Gasteiger partial charge in [0.15, 0.2) is 0 Å². The third kappa shape index (κ3) is 4.49. The highest BCUT2D eigenvalue weighted by atomic mass is 16.7. The number of hydrogen-bond acceptors (Lipinski definition) is 3. The standard InChI is InChI=1S/C8H14N2O2/c1-5-8(2,3)6-10-12-7(11)9-4/h5-6H,1H2,2-4H3,(H,9,11)/b10-6+. The first-order valence-electron chi connectivity index (χ1n) is 3.58. The lowest BCUT2D eigenvalue weighted by Crippen LogP contribution is -2.17. The molecule has 1 N–H and O–H groups in total. The van der Waals surface area contributed by atoms with Crippen LogP contribution in [0.25, 0.3) is 0 Å². The highest BCUT2D eigenvalue weighted by Gasteiger charge is 2.08. The first-order chi connectivity index (χ1) is 5.52. The summed E-state index contributed by atoms with van der Waals surface area (Å²) in [6.07, 6.45) is 2.64. The Morgan fingerprint density at radius 3 is 2.67 bits per heavy atom. The molecule has 12 heavy (non-hydrogen) atoms. The molecule has 0 aliphatic rings. The third-order valence-corrected chi connectivity index (χ3v) is 1.25. The molecule has 0 aromatic rings. The van der Waals surface area contributed by atoms with Gasteiger partial charge in [-0.25, -0.2) is 4.79 Å². The molecule has 0 aromatic heterocycles. The van der Waals surface area contributed by atoms with E-state index in [1.807, 2.05) is 13.8 Å². The second-order valence-electron chi connectivity index (χ2n) is 2.89. The van der Waals surface area contributed by atoms with Gasteiger partial charge in [0.2, 0.25) is 0 Å². The number of oxime groups is 1. The Hall–Kier alpha value is -1.32. The number of carbonyl (C=O) groups excluding carboxylic acids is 1. The van der Waals surface area contributed by atoms with Crippen molar-refractivity contribution in [2.45, 2.75) is 13.8 Å². The summed E-state index contributed by atoms with van der Waals surface area (Å²) < 4.78 is 0. The summed E-state index contributed by atoms with van der Waals surface area (Å²) >= 11 is 0. The third-order valence-electron chi connectivity index (χ3n) is 1.25. The molecule has 0 aliphatic heterocycles. The van der Waals surface area contributed by atoms with Crippen molar-refractivity contribution in [3.63, 3.8) is 0 Å². The first-order valence-corrected chi connectivity index (χ1v) is 3.58. The molecule has 0 fully saturated rings. The summed E-state index contributed by atoms with van der Waals surface area (Å²) in [5, 5.41) is 5.74. The van der Waals surface area contributed by atoms with Gasteiger partial charge in [-0.2, -0.15) is 0 Å². The summed E-state index contributed by atoms with van der Waals surface area (Å²) in [6, 6.07) is 0. The zero-order valence-electron chi connectivity index (χ0n) is 7.63. The Kier molecular flexibility index (Phi) is 4.04. The van der Waals surface area contributed by atoms with Crippen LogP contribution in [0.4, 0.5) is 4.79 Å². The molecule has 0 aliphatic carbocycles. The average molecular weight is 170 g/mol. The van der Waals surface area contributed by atoms with Crippen LogP contribution in [0.2, 0.25) is 0 Å². The summed E-state index contributed by atoms with van der Waals surface area (Å²) in [5.41, 5.74) is -0.256. The average Bonchev–Trinajstić information content (AvgIpc) is 2.04. The Morgan fingerprint density at radius 1 is 1.67 bits per heavy atom. The van der Waals surface area contributed by atoms with Gasteiger partial charge >= 0.3 is 6.09 Å². The fraction of sp³-hybridized carbons (Fsp3) is 0.500. The maximum absolute atomic E-state index is 10.5. The zero-order chi connectivity index (χ0) is 9.61. The zero-order valence-corrected chi connectivity index (χ0v) is 7.63. The van der Waals surface area contributed by atoms with Crippen molar-refractivity contribution in [1.29, 1.82) is 0 Å². The van der Waals surface area contributed by atoms with Gasteiger partial charge in [0.25, 0.3) is 0 Å². The van der Waals surface area contributed by atoms with Crippen LogP contribution in [0.1, 0.15) is 13.8 Å². The van der Waals surface area contributed by atoms with Crippen molar-refractivity contribution >= 4 is 12.3 Å². The molecule has 0 unspecified atom stereocenters. The van der Waals surface area contributed by atoms with Gasteiger partial charge in [0.1, 0.15) is 0 Å². The van der Waals surface area contributed by atoms with E-state index in [2.05, 4.69) is 21.9 Å². The van der Waals surface area contributed by atoms with Gasteiger partial charge in [0.05, 0.1) is 6.21 Å². The number of nitrogens with zero attached hydrogens (tertiary/aromatic N) is 1. The van der Waals surface area contributed by atoms with Gasteiger partial charge in [0, 0.05) is 12.5 Å². The Bertz CT molecular complexity index is 197. The summed E-state index contributed by atoms with van der Waals surface area (Å²) in [7, 11) is 1.47. The molecule has 0 heterocycles. The van der Waals surface area contributed by atoms with Crippen molar-refractivity contribution in [1.82, 2.24) is 5.32 Å². The van der Waals surface area contributed by atoms with Gasteiger partial charge in [-0.3, -0.25) is 4.84 Å². The van der Waals surface area contributed by atoms with Gasteiger partial charge in [-0.1, -0.05) is 25.1 Å². The molecule has 0 atom stereocenters. The topological polar surface area (TPSA) is 50.7 Å². The van der Waals surface area contributed by atoms with Gasteiger partial charge in [-0.05, 0) is 0 Å². The molecule has 0 bridgehead atoms. The molecule has 0 saturated carbocycles. The van der Waals surface area contributed by atoms with Crippen LogP contribution in [-0.4, -0.2) is 19.4 Å². The number of carbonyl (C=O) groups is 1. The number of amides is 1. The van der Waals surface area contributed by atoms with Crippen molar-refractivity contribution in [2.24, 2.45) is 10.6 Å². The van der Waals surface area contributed by atoms with Crippen LogP contribution in [0.3, 0.4) is 0 Å². The molecular weight excluding hydrogens is 156 g/mol. The van der Waals surface area contributed by atoms with Crippen molar-refractivity contribution in [2.75, 3.05) is 7.05 Å². The van der Waals surface area contributed by atoms with E-state index < -0.39 is 6.09 Å². The monoisotopic (exact) mass is 170 g/mol. The maximum atomic E-state index is 10.5. The number of allylic oxidation sites excluding steroid dienone is 1. The summed E-state index contributed by atoms with van der Waals surface area (Å²) in [6.45, 7) is 7.40. The quantitative estimate of drug-likeness (QED) is 0.302. The van der Waals surface area contributed by atoms with Crippen LogP contribution >= 0.6 is 0 Å². The van der Waals surface area contributed by atoms with Gasteiger partial charge in [-0.15, -0.1) is 6.58 Å². The minimum Gasteiger partial charge on any atom is -0.323 e. The number of rotatable bonds is 3. The smallest absolute Gasteiger partial charge is 0.323 e. The Labute approximate surface area is 72.3 Å². The maximum Gasteiger partial charge on any atom is 0.433 e. The highest BCUT2D eigenvalue weighted by Crippen LogP contribution is 2.11. The molecule has 4 nitrogen and oxygen atoms in total. The van der Waals surface area contributed by atoms with E-state index in [9.17, 15) is 4.79 Å². The van der Waals surface area contributed by atoms with E-state index in [1.54, 1.807) is 6.08 Å². The fourth-order valence-corrected chi connectivity index (χ4v) is 0.308. The van der Waals surface area contributed by atoms with E-state index in [0.29, 0.717) is 0 Å². The van der Waals surface area contributed by atoms with Crippen molar-refractivity contribution < 1.29 is 9.63 Å². The van der Waals surface area contributed by atoms with Crippen LogP contribution in [0.5, 0.6) is 0 Å². The molecule has 1 amide bonds. The molecule has 0 saturated heterocycles. The van der Waals surface area contributed by atoms with E-state index in [4.69, 9.17) is 0 Å².